The van der Waals surface area contributed by atoms with Crippen LogP contribution in [0.1, 0.15) is 66.9 Å². The molecule has 0 spiro atoms. The molecule has 4 nitrogen and oxygen atoms in total. The van der Waals surface area contributed by atoms with Gasteiger partial charge in [-0.1, -0.05) is 25.7 Å². The van der Waals surface area contributed by atoms with Gasteiger partial charge in [-0.05, 0) is 39.2 Å². The van der Waals surface area contributed by atoms with Crippen molar-refractivity contribution in [1.82, 2.24) is 15.2 Å². The van der Waals surface area contributed by atoms with Crippen LogP contribution in [0.15, 0.2) is 5.38 Å². The van der Waals surface area contributed by atoms with Crippen LogP contribution >= 0.6 is 11.3 Å². The number of carbonyl (C=O) groups excluding carboxylic acids is 1. The standard InChI is InChI=1S/C17H27N3OS/c1-13-18-16(12-22-13)17(21)19-14-7-6-10-20(11-14)15-8-4-2-3-5-9-15/h12,14-15H,2-11H2,1H3,(H,19,21). The number of hydrogen-bond acceptors (Lipinski definition) is 4. The van der Waals surface area contributed by atoms with Gasteiger partial charge in [0, 0.05) is 24.0 Å². The summed E-state index contributed by atoms with van der Waals surface area (Å²) in [6.45, 7) is 4.15. The molecule has 5 heteroatoms. The fourth-order valence-electron chi connectivity index (χ4n) is 3.81. The third-order valence-corrected chi connectivity index (χ3v) is 5.75. The molecule has 1 aliphatic carbocycles. The van der Waals surface area contributed by atoms with Crippen molar-refractivity contribution < 1.29 is 4.79 Å². The number of nitrogens with one attached hydrogen (secondary N) is 1. The summed E-state index contributed by atoms with van der Waals surface area (Å²) in [5.74, 6) is -0.00272. The van der Waals surface area contributed by atoms with Crippen molar-refractivity contribution in [2.75, 3.05) is 13.1 Å². The molecule has 1 unspecified atom stereocenters. The molecule has 1 aliphatic heterocycles. The Hall–Kier alpha value is -0.940. The summed E-state index contributed by atoms with van der Waals surface area (Å²) in [6.07, 6.45) is 10.5. The van der Waals surface area contributed by atoms with Crippen molar-refractivity contribution in [1.29, 1.82) is 0 Å². The number of piperidine rings is 1. The number of aryl methyl sites for hydroxylation is 1. The number of likely N-dealkylation sites (tertiary alicyclic amines) is 1. The van der Waals surface area contributed by atoms with Crippen LogP contribution in [0.5, 0.6) is 0 Å². The highest BCUT2D eigenvalue weighted by molar-refractivity contribution is 7.09. The molecular formula is C17H27N3OS. The maximum Gasteiger partial charge on any atom is 0.271 e. The van der Waals surface area contributed by atoms with Gasteiger partial charge in [0.25, 0.3) is 5.91 Å². The first kappa shape index (κ1) is 15.9. The highest BCUT2D eigenvalue weighted by Crippen LogP contribution is 2.24. The second-order valence-electron chi connectivity index (χ2n) is 6.70. The first-order valence-corrected chi connectivity index (χ1v) is 9.57. The Morgan fingerprint density at radius 3 is 2.68 bits per heavy atom. The summed E-state index contributed by atoms with van der Waals surface area (Å²) in [7, 11) is 0. The molecule has 0 radical (unpaired) electrons. The molecule has 2 fully saturated rings. The van der Waals surface area contributed by atoms with Crippen molar-refractivity contribution in [3.63, 3.8) is 0 Å². The molecule has 2 heterocycles. The molecule has 1 saturated heterocycles. The van der Waals surface area contributed by atoms with Crippen LogP contribution in [0.2, 0.25) is 0 Å². The minimum absolute atomic E-state index is 0.00272. The highest BCUT2D eigenvalue weighted by atomic mass is 32.1. The Morgan fingerprint density at radius 1 is 1.23 bits per heavy atom. The molecule has 1 saturated carbocycles. The molecular weight excluding hydrogens is 294 g/mol. The van der Waals surface area contributed by atoms with E-state index in [0.717, 1.165) is 24.0 Å². The van der Waals surface area contributed by atoms with Gasteiger partial charge in [0.05, 0.1) is 5.01 Å². The first-order chi connectivity index (χ1) is 10.7. The van der Waals surface area contributed by atoms with E-state index >= 15 is 0 Å². The predicted molar refractivity (Wildman–Crippen MR) is 90.4 cm³/mol. The number of hydrogen-bond donors (Lipinski definition) is 1. The van der Waals surface area contributed by atoms with Crippen LogP contribution in [-0.4, -0.2) is 41.0 Å². The van der Waals surface area contributed by atoms with Gasteiger partial charge in [-0.15, -0.1) is 11.3 Å². The fourth-order valence-corrected chi connectivity index (χ4v) is 4.40. The third kappa shape index (κ3) is 4.07. The summed E-state index contributed by atoms with van der Waals surface area (Å²) >= 11 is 1.54. The lowest BCUT2D eigenvalue weighted by molar-refractivity contribution is 0.0856. The SMILES string of the molecule is Cc1nc(C(=O)NC2CCCN(C3CCCCCC3)C2)cs1. The van der Waals surface area contributed by atoms with E-state index in [2.05, 4.69) is 15.2 Å². The lowest BCUT2D eigenvalue weighted by Crippen LogP contribution is -2.51. The highest BCUT2D eigenvalue weighted by Gasteiger charge is 2.27. The van der Waals surface area contributed by atoms with Crippen LogP contribution in [-0.2, 0) is 0 Å². The van der Waals surface area contributed by atoms with Crippen molar-refractivity contribution >= 4 is 17.2 Å². The van der Waals surface area contributed by atoms with E-state index in [-0.39, 0.29) is 11.9 Å². The van der Waals surface area contributed by atoms with E-state index in [1.807, 2.05) is 12.3 Å². The molecule has 22 heavy (non-hydrogen) atoms. The average molecular weight is 321 g/mol. The van der Waals surface area contributed by atoms with E-state index in [4.69, 9.17) is 0 Å². The number of thiazole rings is 1. The van der Waals surface area contributed by atoms with Gasteiger partial charge in [0.1, 0.15) is 5.69 Å². The normalized spacial score (nSPS) is 24.9. The topological polar surface area (TPSA) is 45.2 Å². The van der Waals surface area contributed by atoms with E-state index in [1.165, 1.54) is 62.8 Å². The van der Waals surface area contributed by atoms with E-state index < -0.39 is 0 Å². The summed E-state index contributed by atoms with van der Waals surface area (Å²) in [4.78, 5) is 19.2. The van der Waals surface area contributed by atoms with Gasteiger partial charge >= 0.3 is 0 Å². The molecule has 0 bridgehead atoms. The zero-order chi connectivity index (χ0) is 15.4. The Bertz CT molecular complexity index is 494. The lowest BCUT2D eigenvalue weighted by Gasteiger charge is -2.38. The lowest BCUT2D eigenvalue weighted by atomic mass is 10.00. The molecule has 1 aromatic rings. The van der Waals surface area contributed by atoms with Gasteiger partial charge in [-0.3, -0.25) is 9.69 Å². The predicted octanol–water partition coefficient (Wildman–Crippen LogP) is 3.37. The largest absolute Gasteiger partial charge is 0.347 e. The maximum atomic E-state index is 12.3. The molecule has 1 atom stereocenters. The number of amides is 1. The smallest absolute Gasteiger partial charge is 0.271 e. The minimum atomic E-state index is -0.00272. The first-order valence-electron chi connectivity index (χ1n) is 8.69. The van der Waals surface area contributed by atoms with Crippen molar-refractivity contribution in [3.8, 4) is 0 Å². The average Bonchev–Trinajstić information content (AvgIpc) is 2.79. The quantitative estimate of drug-likeness (QED) is 0.868. The molecule has 1 N–H and O–H groups in total. The number of aromatic nitrogens is 1. The minimum Gasteiger partial charge on any atom is -0.347 e. The molecule has 0 aromatic carbocycles. The molecule has 122 valence electrons. The van der Waals surface area contributed by atoms with Crippen LogP contribution in [0, 0.1) is 6.92 Å². The Morgan fingerprint density at radius 2 is 2.00 bits per heavy atom. The molecule has 1 amide bonds. The van der Waals surface area contributed by atoms with Crippen molar-refractivity contribution in [2.45, 2.75) is 70.4 Å². The van der Waals surface area contributed by atoms with Crippen LogP contribution in [0.3, 0.4) is 0 Å². The summed E-state index contributed by atoms with van der Waals surface area (Å²) in [5.41, 5.74) is 0.578. The summed E-state index contributed by atoms with van der Waals surface area (Å²) in [6, 6.07) is 1.02. The number of rotatable bonds is 3. The zero-order valence-corrected chi connectivity index (χ0v) is 14.3. The summed E-state index contributed by atoms with van der Waals surface area (Å²) in [5, 5.41) is 6.01. The monoisotopic (exact) mass is 321 g/mol. The molecule has 2 aliphatic rings. The van der Waals surface area contributed by atoms with Crippen molar-refractivity contribution in [2.24, 2.45) is 0 Å². The third-order valence-electron chi connectivity index (χ3n) is 4.98. The Labute approximate surface area is 137 Å². The van der Waals surface area contributed by atoms with E-state index in [0.29, 0.717) is 5.69 Å². The summed E-state index contributed by atoms with van der Waals surface area (Å²) < 4.78 is 0. The van der Waals surface area contributed by atoms with E-state index in [1.54, 1.807) is 0 Å². The van der Waals surface area contributed by atoms with Gasteiger partial charge in [0.2, 0.25) is 0 Å². The number of carbonyl (C=O) groups is 1. The molecule has 3 rings (SSSR count). The Balaban J connectivity index is 1.54. The van der Waals surface area contributed by atoms with Crippen LogP contribution in [0.25, 0.3) is 0 Å². The van der Waals surface area contributed by atoms with Crippen LogP contribution in [0.4, 0.5) is 0 Å². The van der Waals surface area contributed by atoms with Gasteiger partial charge in [-0.25, -0.2) is 4.98 Å². The fraction of sp³-hybridized carbons (Fsp3) is 0.765. The second-order valence-corrected chi connectivity index (χ2v) is 7.77. The second kappa shape index (κ2) is 7.55. The number of nitrogens with zero attached hydrogens (tertiary/aromatic N) is 2. The van der Waals surface area contributed by atoms with Gasteiger partial charge in [0.15, 0.2) is 0 Å². The van der Waals surface area contributed by atoms with Crippen LogP contribution < -0.4 is 5.32 Å². The zero-order valence-electron chi connectivity index (χ0n) is 13.5. The van der Waals surface area contributed by atoms with Gasteiger partial charge < -0.3 is 5.32 Å². The van der Waals surface area contributed by atoms with E-state index in [9.17, 15) is 4.79 Å². The maximum absolute atomic E-state index is 12.3. The van der Waals surface area contributed by atoms with Crippen molar-refractivity contribution in [3.05, 3.63) is 16.1 Å². The molecule has 1 aromatic heterocycles. The van der Waals surface area contributed by atoms with Gasteiger partial charge in [-0.2, -0.15) is 0 Å². The Kier molecular flexibility index (Phi) is 5.47.